The number of aromatic nitrogens is 1. The maximum Gasteiger partial charge on any atom is 0.254 e. The molecule has 1 aromatic heterocycles. The molecule has 0 spiro atoms. The van der Waals surface area contributed by atoms with Crippen LogP contribution in [-0.4, -0.2) is 36.6 Å². The molecular weight excluding hydrogens is 392 g/mol. The van der Waals surface area contributed by atoms with Crippen LogP contribution in [0.3, 0.4) is 0 Å². The molecule has 3 aromatic rings. The van der Waals surface area contributed by atoms with Crippen LogP contribution in [0, 0.1) is 13.8 Å². The van der Waals surface area contributed by atoms with Crippen LogP contribution in [0.1, 0.15) is 47.2 Å². The molecule has 1 aliphatic heterocycles. The van der Waals surface area contributed by atoms with Crippen LogP contribution in [0.4, 0.5) is 0 Å². The van der Waals surface area contributed by atoms with E-state index in [-0.39, 0.29) is 11.5 Å². The summed E-state index contributed by atoms with van der Waals surface area (Å²) in [6.07, 6.45) is 1.07. The molecule has 31 heavy (non-hydrogen) atoms. The van der Waals surface area contributed by atoms with E-state index in [0.29, 0.717) is 36.4 Å². The molecule has 0 saturated carbocycles. The predicted octanol–water partition coefficient (Wildman–Crippen LogP) is 4.05. The fourth-order valence-electron chi connectivity index (χ4n) is 4.65. The van der Waals surface area contributed by atoms with Crippen molar-refractivity contribution < 1.29 is 14.3 Å². The van der Waals surface area contributed by atoms with Gasteiger partial charge in [-0.3, -0.25) is 9.59 Å². The van der Waals surface area contributed by atoms with E-state index in [0.717, 1.165) is 33.2 Å². The average molecular weight is 421 g/mol. The maximum atomic E-state index is 13.2. The molecule has 6 heteroatoms. The highest BCUT2D eigenvalue weighted by Gasteiger charge is 2.34. The first kappa shape index (κ1) is 21.0. The number of ether oxygens (including phenoxy) is 2. The molecule has 2 aromatic carbocycles. The highest BCUT2D eigenvalue weighted by molar-refractivity contribution is 5.84. The Hall–Kier alpha value is -3.28. The summed E-state index contributed by atoms with van der Waals surface area (Å²) in [5, 5.41) is 0.983. The topological polar surface area (TPSA) is 71.6 Å². The molecule has 6 nitrogen and oxygen atoms in total. The van der Waals surface area contributed by atoms with Gasteiger partial charge in [0.25, 0.3) is 5.56 Å². The molecule has 0 bridgehead atoms. The smallest absolute Gasteiger partial charge is 0.254 e. The van der Waals surface area contributed by atoms with Crippen LogP contribution in [0.5, 0.6) is 11.5 Å². The Balaban J connectivity index is 1.99. The summed E-state index contributed by atoms with van der Waals surface area (Å²) in [5.41, 5.74) is 5.33. The summed E-state index contributed by atoms with van der Waals surface area (Å²) >= 11 is 0. The fraction of sp³-hybridized carbons (Fsp3) is 0.360. The minimum absolute atomic E-state index is 0.0190. The number of hydrogen-bond acceptors (Lipinski definition) is 4. The van der Waals surface area contributed by atoms with E-state index in [1.54, 1.807) is 14.2 Å². The molecule has 0 fully saturated rings. The van der Waals surface area contributed by atoms with Gasteiger partial charge >= 0.3 is 0 Å². The van der Waals surface area contributed by atoms with Crippen molar-refractivity contribution in [2.45, 2.75) is 39.7 Å². The molecule has 0 saturated heterocycles. The highest BCUT2D eigenvalue weighted by atomic mass is 16.5. The largest absolute Gasteiger partial charge is 0.493 e. The summed E-state index contributed by atoms with van der Waals surface area (Å²) < 4.78 is 11.0. The van der Waals surface area contributed by atoms with E-state index in [1.165, 1.54) is 0 Å². The highest BCUT2D eigenvalue weighted by Crippen LogP contribution is 2.41. The van der Waals surface area contributed by atoms with Gasteiger partial charge in [0, 0.05) is 29.4 Å². The number of carbonyl (C=O) groups is 1. The van der Waals surface area contributed by atoms with Gasteiger partial charge in [-0.15, -0.1) is 0 Å². The molecule has 0 aliphatic carbocycles. The van der Waals surface area contributed by atoms with Crippen molar-refractivity contribution in [3.05, 3.63) is 68.5 Å². The summed E-state index contributed by atoms with van der Waals surface area (Å²) in [5.74, 6) is 1.25. The molecule has 4 rings (SSSR count). The zero-order chi connectivity index (χ0) is 22.3. The Kier molecular flexibility index (Phi) is 5.48. The number of carbonyl (C=O) groups excluding carboxylic acids is 1. The number of nitrogens with one attached hydrogen (secondary N) is 1. The van der Waals surface area contributed by atoms with Gasteiger partial charge in [0.1, 0.15) is 0 Å². The normalized spacial score (nSPS) is 15.6. The molecular formula is C25H28N2O4. The van der Waals surface area contributed by atoms with Crippen LogP contribution in [0.15, 0.2) is 35.1 Å². The number of pyridine rings is 1. The molecule has 1 atom stereocenters. The maximum absolute atomic E-state index is 13.2. The zero-order valence-corrected chi connectivity index (χ0v) is 18.7. The van der Waals surface area contributed by atoms with Crippen LogP contribution in [-0.2, 0) is 11.2 Å². The predicted molar refractivity (Wildman–Crippen MR) is 121 cm³/mol. The number of aryl methyl sites for hydroxylation is 2. The number of benzene rings is 2. The zero-order valence-electron chi connectivity index (χ0n) is 18.7. The molecule has 0 radical (unpaired) electrons. The lowest BCUT2D eigenvalue weighted by Gasteiger charge is -2.37. The number of nitrogens with zero attached hydrogens (tertiary/aromatic N) is 1. The lowest BCUT2D eigenvalue weighted by molar-refractivity contribution is -0.132. The van der Waals surface area contributed by atoms with Crippen molar-refractivity contribution in [3.8, 4) is 11.5 Å². The Morgan fingerprint density at radius 3 is 2.45 bits per heavy atom. The van der Waals surface area contributed by atoms with Crippen LogP contribution < -0.4 is 15.0 Å². The van der Waals surface area contributed by atoms with Crippen LogP contribution in [0.2, 0.25) is 0 Å². The van der Waals surface area contributed by atoms with E-state index in [2.05, 4.69) is 11.1 Å². The minimum Gasteiger partial charge on any atom is -0.493 e. The first-order valence-electron chi connectivity index (χ1n) is 10.6. The summed E-state index contributed by atoms with van der Waals surface area (Å²) in [6, 6.07) is 9.39. The van der Waals surface area contributed by atoms with Crippen LogP contribution in [0.25, 0.3) is 10.9 Å². The van der Waals surface area contributed by atoms with Gasteiger partial charge in [-0.25, -0.2) is 0 Å². The number of rotatable bonds is 4. The third kappa shape index (κ3) is 3.56. The van der Waals surface area contributed by atoms with Gasteiger partial charge in [-0.05, 0) is 66.8 Å². The van der Waals surface area contributed by atoms with Crippen molar-refractivity contribution in [2.24, 2.45) is 0 Å². The van der Waals surface area contributed by atoms with Crippen molar-refractivity contribution in [1.29, 1.82) is 0 Å². The molecule has 162 valence electrons. The minimum atomic E-state index is -0.482. The first-order chi connectivity index (χ1) is 14.9. The molecule has 0 unspecified atom stereocenters. The quantitative estimate of drug-likeness (QED) is 0.691. The van der Waals surface area contributed by atoms with Gasteiger partial charge in [0.15, 0.2) is 11.5 Å². The second kappa shape index (κ2) is 8.10. The molecule has 2 heterocycles. The van der Waals surface area contributed by atoms with Crippen molar-refractivity contribution in [3.63, 3.8) is 0 Å². The summed E-state index contributed by atoms with van der Waals surface area (Å²) in [4.78, 5) is 31.0. The van der Waals surface area contributed by atoms with Gasteiger partial charge < -0.3 is 19.4 Å². The number of methoxy groups -OCH3 is 2. The van der Waals surface area contributed by atoms with Crippen LogP contribution >= 0.6 is 0 Å². The van der Waals surface area contributed by atoms with Gasteiger partial charge in [-0.1, -0.05) is 13.0 Å². The van der Waals surface area contributed by atoms with E-state index in [1.807, 2.05) is 49.9 Å². The van der Waals surface area contributed by atoms with Gasteiger partial charge in [-0.2, -0.15) is 0 Å². The lowest BCUT2D eigenvalue weighted by atomic mass is 9.87. The van der Waals surface area contributed by atoms with Gasteiger partial charge in [0.05, 0.1) is 20.3 Å². The third-order valence-electron chi connectivity index (χ3n) is 6.13. The SMILES string of the molecule is CCC(=O)N1CCc2cc(OC)c(OC)cc2[C@H]1c1cc2c(C)cc(C)cc2[nH]c1=O. The number of H-pyrrole nitrogens is 1. The number of amides is 1. The Morgan fingerprint density at radius 2 is 1.77 bits per heavy atom. The second-order valence-corrected chi connectivity index (χ2v) is 8.10. The van der Waals surface area contributed by atoms with E-state index < -0.39 is 6.04 Å². The first-order valence-corrected chi connectivity index (χ1v) is 10.6. The molecule has 1 amide bonds. The molecule has 1 N–H and O–H groups in total. The van der Waals surface area contributed by atoms with Gasteiger partial charge in [0.2, 0.25) is 5.91 Å². The fourth-order valence-corrected chi connectivity index (χ4v) is 4.65. The summed E-state index contributed by atoms with van der Waals surface area (Å²) in [6.45, 7) is 6.44. The van der Waals surface area contributed by atoms with Crippen molar-refractivity contribution >= 4 is 16.8 Å². The van der Waals surface area contributed by atoms with E-state index in [4.69, 9.17) is 9.47 Å². The summed E-state index contributed by atoms with van der Waals surface area (Å²) in [7, 11) is 3.20. The van der Waals surface area contributed by atoms with E-state index >= 15 is 0 Å². The number of fused-ring (bicyclic) bond motifs is 2. The Bertz CT molecular complexity index is 1230. The van der Waals surface area contributed by atoms with Crippen molar-refractivity contribution in [1.82, 2.24) is 9.88 Å². The number of aromatic amines is 1. The molecule has 1 aliphatic rings. The lowest BCUT2D eigenvalue weighted by Crippen LogP contribution is -2.42. The standard InChI is InChI=1S/C25H28N2O4/c1-6-23(28)27-8-7-16-11-21(30-4)22(31-5)13-18(16)24(27)19-12-17-15(3)9-14(2)10-20(17)26-25(19)29/h9-13,24H,6-8H2,1-5H3,(H,26,29)/t24-/m0/s1. The average Bonchev–Trinajstić information content (AvgIpc) is 2.76. The Labute approximate surface area is 181 Å². The van der Waals surface area contributed by atoms with Crippen molar-refractivity contribution in [2.75, 3.05) is 20.8 Å². The third-order valence-corrected chi connectivity index (χ3v) is 6.13. The monoisotopic (exact) mass is 420 g/mol. The number of hydrogen-bond donors (Lipinski definition) is 1. The Morgan fingerprint density at radius 1 is 1.06 bits per heavy atom. The van der Waals surface area contributed by atoms with E-state index in [9.17, 15) is 9.59 Å². The second-order valence-electron chi connectivity index (χ2n) is 8.10.